The second kappa shape index (κ2) is 8.00. The average Bonchev–Trinajstić information content (AvgIpc) is 2.95. The Labute approximate surface area is 162 Å². The highest BCUT2D eigenvalue weighted by atomic mass is 32.2. The van der Waals surface area contributed by atoms with E-state index in [0.29, 0.717) is 18.7 Å². The molecule has 2 amide bonds. The zero-order chi connectivity index (χ0) is 20.4. The summed E-state index contributed by atoms with van der Waals surface area (Å²) in [5, 5.41) is 2.89. The Balaban J connectivity index is 2.20. The molecule has 1 unspecified atom stereocenters. The van der Waals surface area contributed by atoms with Gasteiger partial charge >= 0.3 is 0 Å². The van der Waals surface area contributed by atoms with Crippen LogP contribution in [0.25, 0.3) is 0 Å². The molecule has 1 aliphatic heterocycles. The van der Waals surface area contributed by atoms with E-state index in [-0.39, 0.29) is 35.3 Å². The zero-order valence-electron chi connectivity index (χ0n) is 16.8. The topological polar surface area (TPSA) is 83.6 Å². The first kappa shape index (κ1) is 21.4. The van der Waals surface area contributed by atoms with Crippen LogP contribution in [0.1, 0.15) is 52.5 Å². The van der Waals surface area contributed by atoms with Gasteiger partial charge in [0.15, 0.2) is 9.84 Å². The van der Waals surface area contributed by atoms with Gasteiger partial charge < -0.3 is 10.2 Å². The van der Waals surface area contributed by atoms with Crippen molar-refractivity contribution in [1.82, 2.24) is 4.90 Å². The summed E-state index contributed by atoms with van der Waals surface area (Å²) in [6.07, 6.45) is 0.426. The number of nitrogens with one attached hydrogen (secondary N) is 1. The lowest BCUT2D eigenvalue weighted by atomic mass is 9.89. The fraction of sp³-hybridized carbons (Fsp3) is 0.600. The van der Waals surface area contributed by atoms with Crippen molar-refractivity contribution < 1.29 is 18.0 Å². The van der Waals surface area contributed by atoms with Crippen molar-refractivity contribution in [1.29, 1.82) is 0 Å². The summed E-state index contributed by atoms with van der Waals surface area (Å²) in [4.78, 5) is 27.6. The third kappa shape index (κ3) is 4.69. The van der Waals surface area contributed by atoms with E-state index in [0.717, 1.165) is 5.56 Å². The van der Waals surface area contributed by atoms with Gasteiger partial charge in [0.1, 0.15) is 5.41 Å². The van der Waals surface area contributed by atoms with Gasteiger partial charge in [0.05, 0.1) is 11.5 Å². The van der Waals surface area contributed by atoms with Crippen molar-refractivity contribution in [2.75, 3.05) is 23.4 Å². The van der Waals surface area contributed by atoms with Gasteiger partial charge in [-0.2, -0.15) is 0 Å². The third-order valence-electron chi connectivity index (χ3n) is 5.18. The molecule has 1 atom stereocenters. The molecule has 1 saturated heterocycles. The lowest BCUT2D eigenvalue weighted by Gasteiger charge is -2.34. The molecule has 0 spiro atoms. The van der Waals surface area contributed by atoms with Gasteiger partial charge in [-0.1, -0.05) is 32.0 Å². The maximum atomic E-state index is 13.1. The minimum atomic E-state index is -3.11. The Kier molecular flexibility index (Phi) is 6.35. The zero-order valence-corrected chi connectivity index (χ0v) is 17.6. The van der Waals surface area contributed by atoms with E-state index in [2.05, 4.69) is 5.32 Å². The molecule has 0 bridgehead atoms. The van der Waals surface area contributed by atoms with Crippen LogP contribution in [0.15, 0.2) is 24.3 Å². The van der Waals surface area contributed by atoms with E-state index >= 15 is 0 Å². The van der Waals surface area contributed by atoms with Gasteiger partial charge in [0.2, 0.25) is 11.8 Å². The Morgan fingerprint density at radius 2 is 1.89 bits per heavy atom. The molecule has 7 heteroatoms. The van der Waals surface area contributed by atoms with Crippen molar-refractivity contribution in [3.8, 4) is 0 Å². The van der Waals surface area contributed by atoms with Crippen LogP contribution in [0.3, 0.4) is 0 Å². The van der Waals surface area contributed by atoms with Crippen LogP contribution in [-0.2, 0) is 19.4 Å². The van der Waals surface area contributed by atoms with E-state index in [1.807, 2.05) is 45.0 Å². The van der Waals surface area contributed by atoms with Crippen LogP contribution in [0.4, 0.5) is 5.69 Å². The first-order valence-corrected chi connectivity index (χ1v) is 11.2. The summed E-state index contributed by atoms with van der Waals surface area (Å²) in [5.74, 6) is -0.432. The number of nitrogens with zero attached hydrogens (tertiary/aromatic N) is 1. The number of benzene rings is 1. The number of para-hydroxylation sites is 1. The molecule has 1 N–H and O–H groups in total. The molecule has 1 aromatic rings. The molecule has 150 valence electrons. The van der Waals surface area contributed by atoms with Crippen LogP contribution in [0.5, 0.6) is 0 Å². The summed E-state index contributed by atoms with van der Waals surface area (Å²) in [7, 11) is -3.11. The van der Waals surface area contributed by atoms with E-state index in [9.17, 15) is 18.0 Å². The van der Waals surface area contributed by atoms with Gasteiger partial charge in [0, 0.05) is 18.3 Å². The van der Waals surface area contributed by atoms with Gasteiger partial charge in [-0.05, 0) is 44.7 Å². The monoisotopic (exact) mass is 394 g/mol. The molecule has 0 aromatic heterocycles. The third-order valence-corrected chi connectivity index (χ3v) is 6.93. The van der Waals surface area contributed by atoms with Crippen LogP contribution in [0, 0.1) is 5.41 Å². The van der Waals surface area contributed by atoms with Gasteiger partial charge in [0.25, 0.3) is 0 Å². The average molecular weight is 395 g/mol. The molecule has 1 heterocycles. The maximum Gasteiger partial charge on any atom is 0.239 e. The van der Waals surface area contributed by atoms with Crippen LogP contribution < -0.4 is 5.32 Å². The molecular weight excluding hydrogens is 364 g/mol. The summed E-state index contributed by atoms with van der Waals surface area (Å²) in [6, 6.07) is 7.19. The number of hydrogen-bond donors (Lipinski definition) is 1. The summed E-state index contributed by atoms with van der Waals surface area (Å²) in [5.41, 5.74) is 0.403. The van der Waals surface area contributed by atoms with Crippen LogP contribution in [0.2, 0.25) is 0 Å². The lowest BCUT2D eigenvalue weighted by Crippen LogP contribution is -2.51. The van der Waals surface area contributed by atoms with Gasteiger partial charge in [-0.3, -0.25) is 9.59 Å². The predicted molar refractivity (Wildman–Crippen MR) is 107 cm³/mol. The first-order valence-electron chi connectivity index (χ1n) is 9.41. The molecule has 27 heavy (non-hydrogen) atoms. The van der Waals surface area contributed by atoms with E-state index < -0.39 is 15.3 Å². The SMILES string of the molecule is CCN(C(=O)C(C)(C)C(=O)Nc1ccccc1C(C)C)C1CCS(=O)(=O)C1. The number of carbonyl (C=O) groups excluding carboxylic acids is 2. The summed E-state index contributed by atoms with van der Waals surface area (Å²) in [6.45, 7) is 9.45. The molecule has 1 fully saturated rings. The number of rotatable bonds is 6. The fourth-order valence-corrected chi connectivity index (χ4v) is 5.17. The molecule has 1 aliphatic rings. The number of sulfone groups is 1. The highest BCUT2D eigenvalue weighted by Gasteiger charge is 2.43. The predicted octanol–water partition coefficient (Wildman–Crippen LogP) is 2.81. The van der Waals surface area contributed by atoms with Crippen molar-refractivity contribution in [3.05, 3.63) is 29.8 Å². The number of amides is 2. The summed E-state index contributed by atoms with van der Waals surface area (Å²) < 4.78 is 23.6. The molecular formula is C20H30N2O4S. The van der Waals surface area contributed by atoms with Crippen LogP contribution in [-0.4, -0.2) is 49.2 Å². The Morgan fingerprint density at radius 1 is 1.26 bits per heavy atom. The smallest absolute Gasteiger partial charge is 0.239 e. The maximum absolute atomic E-state index is 13.1. The van der Waals surface area contributed by atoms with Crippen molar-refractivity contribution in [3.63, 3.8) is 0 Å². The number of hydrogen-bond acceptors (Lipinski definition) is 4. The van der Waals surface area contributed by atoms with Gasteiger partial charge in [-0.25, -0.2) is 8.42 Å². The van der Waals surface area contributed by atoms with E-state index in [4.69, 9.17) is 0 Å². The Hall–Kier alpha value is -1.89. The standard InChI is InChI=1S/C20H30N2O4S/c1-6-22(15-11-12-27(25,26)13-15)19(24)20(4,5)18(23)21-17-10-8-7-9-16(17)14(2)3/h7-10,14-15H,6,11-13H2,1-5H3,(H,21,23). The minimum absolute atomic E-state index is 0.0273. The quantitative estimate of drug-likeness (QED) is 0.752. The highest BCUT2D eigenvalue weighted by Crippen LogP contribution is 2.29. The first-order chi connectivity index (χ1) is 12.5. The molecule has 2 rings (SSSR count). The van der Waals surface area contributed by atoms with Crippen LogP contribution >= 0.6 is 0 Å². The molecule has 0 radical (unpaired) electrons. The largest absolute Gasteiger partial charge is 0.338 e. The molecule has 1 aromatic carbocycles. The minimum Gasteiger partial charge on any atom is -0.338 e. The summed E-state index contributed by atoms with van der Waals surface area (Å²) >= 11 is 0. The fourth-order valence-electron chi connectivity index (χ4n) is 3.44. The molecule has 6 nitrogen and oxygen atoms in total. The number of carbonyl (C=O) groups is 2. The Morgan fingerprint density at radius 3 is 2.41 bits per heavy atom. The molecule has 0 saturated carbocycles. The van der Waals surface area contributed by atoms with Crippen molar-refractivity contribution in [2.45, 2.75) is 53.0 Å². The normalized spacial score (nSPS) is 19.1. The van der Waals surface area contributed by atoms with E-state index in [1.165, 1.54) is 0 Å². The highest BCUT2D eigenvalue weighted by molar-refractivity contribution is 7.91. The van der Waals surface area contributed by atoms with Crippen molar-refractivity contribution in [2.24, 2.45) is 5.41 Å². The lowest BCUT2D eigenvalue weighted by molar-refractivity contribution is -0.147. The second-order valence-electron chi connectivity index (χ2n) is 7.97. The van der Waals surface area contributed by atoms with Gasteiger partial charge in [-0.15, -0.1) is 0 Å². The number of anilines is 1. The molecule has 0 aliphatic carbocycles. The Bertz CT molecular complexity index is 815. The van der Waals surface area contributed by atoms with Crippen molar-refractivity contribution >= 4 is 27.3 Å². The van der Waals surface area contributed by atoms with E-state index in [1.54, 1.807) is 18.7 Å². The second-order valence-corrected chi connectivity index (χ2v) is 10.2.